The lowest BCUT2D eigenvalue weighted by atomic mass is 9.80. The molecule has 1 aromatic carbocycles. The standard InChI is InChI=1S/C27H24N2O4S/c1-4-32-25(30)20-9-11-21(29-17-20)10-7-18-8-12-23-22(14-18)27(2,3)15-24(34-23)33-26(31)19-6-5-13-28-16-19/h5-6,8-9,11-14,16-17,24H,4,15H2,1-3H3/t24-/m1/s1. The van der Waals surface area contributed by atoms with Gasteiger partial charge in [-0.1, -0.05) is 31.5 Å². The van der Waals surface area contributed by atoms with Gasteiger partial charge in [-0.05, 0) is 66.3 Å². The molecular weight excluding hydrogens is 448 g/mol. The maximum absolute atomic E-state index is 12.5. The van der Waals surface area contributed by atoms with E-state index in [4.69, 9.17) is 9.47 Å². The Balaban J connectivity index is 1.48. The van der Waals surface area contributed by atoms with Crippen molar-refractivity contribution in [3.05, 3.63) is 89.0 Å². The van der Waals surface area contributed by atoms with Crippen molar-refractivity contribution in [1.29, 1.82) is 0 Å². The van der Waals surface area contributed by atoms with Crippen molar-refractivity contribution >= 4 is 23.7 Å². The van der Waals surface area contributed by atoms with Gasteiger partial charge in [-0.2, -0.15) is 0 Å². The molecule has 0 fully saturated rings. The first kappa shape index (κ1) is 23.5. The molecule has 0 N–H and O–H groups in total. The van der Waals surface area contributed by atoms with Crippen molar-refractivity contribution in [1.82, 2.24) is 9.97 Å². The predicted molar refractivity (Wildman–Crippen MR) is 130 cm³/mol. The first-order valence-corrected chi connectivity index (χ1v) is 11.8. The number of aromatic nitrogens is 2. The maximum Gasteiger partial charge on any atom is 0.340 e. The van der Waals surface area contributed by atoms with Gasteiger partial charge in [0.25, 0.3) is 0 Å². The maximum atomic E-state index is 12.5. The molecule has 2 aromatic heterocycles. The molecule has 3 heterocycles. The number of esters is 2. The largest absolute Gasteiger partial charge is 0.462 e. The third kappa shape index (κ3) is 5.46. The summed E-state index contributed by atoms with van der Waals surface area (Å²) in [7, 11) is 0. The Morgan fingerprint density at radius 3 is 2.62 bits per heavy atom. The molecule has 0 radical (unpaired) electrons. The van der Waals surface area contributed by atoms with Gasteiger partial charge in [0.2, 0.25) is 0 Å². The second-order valence-electron chi connectivity index (χ2n) is 8.40. The molecular formula is C27H24N2O4S. The molecule has 0 aliphatic carbocycles. The van der Waals surface area contributed by atoms with Crippen LogP contribution in [0.2, 0.25) is 0 Å². The normalized spacial score (nSPS) is 15.9. The van der Waals surface area contributed by atoms with Crippen molar-refractivity contribution in [3.8, 4) is 11.8 Å². The van der Waals surface area contributed by atoms with Crippen LogP contribution < -0.4 is 0 Å². The smallest absolute Gasteiger partial charge is 0.340 e. The van der Waals surface area contributed by atoms with E-state index in [2.05, 4.69) is 41.7 Å². The van der Waals surface area contributed by atoms with E-state index in [1.54, 1.807) is 49.1 Å². The summed E-state index contributed by atoms with van der Waals surface area (Å²) in [6.07, 6.45) is 5.30. The summed E-state index contributed by atoms with van der Waals surface area (Å²) in [6, 6.07) is 12.8. The Morgan fingerprint density at radius 2 is 1.91 bits per heavy atom. The summed E-state index contributed by atoms with van der Waals surface area (Å²) in [6.45, 7) is 6.37. The van der Waals surface area contributed by atoms with Gasteiger partial charge >= 0.3 is 11.9 Å². The number of carbonyl (C=O) groups excluding carboxylic acids is 2. The Labute approximate surface area is 203 Å². The number of thioether (sulfide) groups is 1. The van der Waals surface area contributed by atoms with E-state index in [9.17, 15) is 9.59 Å². The van der Waals surface area contributed by atoms with Crippen LogP contribution in [-0.4, -0.2) is 33.9 Å². The average molecular weight is 473 g/mol. The number of rotatable bonds is 4. The molecule has 0 saturated carbocycles. The van der Waals surface area contributed by atoms with Crippen LogP contribution >= 0.6 is 11.8 Å². The first-order valence-electron chi connectivity index (χ1n) is 10.9. The Morgan fingerprint density at radius 1 is 1.09 bits per heavy atom. The zero-order valence-corrected chi connectivity index (χ0v) is 20.0. The third-order valence-electron chi connectivity index (χ3n) is 5.39. The van der Waals surface area contributed by atoms with Gasteiger partial charge in [0.05, 0.1) is 17.7 Å². The molecule has 0 amide bonds. The molecule has 172 valence electrons. The van der Waals surface area contributed by atoms with E-state index in [0.29, 0.717) is 29.8 Å². The lowest BCUT2D eigenvalue weighted by molar-refractivity contribution is 0.0414. The fourth-order valence-corrected chi connectivity index (χ4v) is 5.15. The monoisotopic (exact) mass is 472 g/mol. The third-order valence-corrected chi connectivity index (χ3v) is 6.53. The first-order chi connectivity index (χ1) is 16.4. The van der Waals surface area contributed by atoms with E-state index >= 15 is 0 Å². The summed E-state index contributed by atoms with van der Waals surface area (Å²) < 4.78 is 10.7. The Bertz CT molecular complexity index is 1260. The molecule has 0 unspecified atom stereocenters. The minimum absolute atomic E-state index is 0.197. The number of pyridine rings is 2. The highest BCUT2D eigenvalue weighted by Gasteiger charge is 2.35. The van der Waals surface area contributed by atoms with Crippen LogP contribution in [0.1, 0.15) is 64.7 Å². The number of ether oxygens (including phenoxy) is 2. The molecule has 0 spiro atoms. The molecule has 6 nitrogen and oxygen atoms in total. The number of hydrogen-bond donors (Lipinski definition) is 0. The van der Waals surface area contributed by atoms with Crippen LogP contribution in [0.4, 0.5) is 0 Å². The summed E-state index contributed by atoms with van der Waals surface area (Å²) in [5.74, 6) is 5.45. The van der Waals surface area contributed by atoms with Gasteiger partial charge in [-0.25, -0.2) is 14.6 Å². The molecule has 3 aromatic rings. The van der Waals surface area contributed by atoms with Gasteiger partial charge in [-0.3, -0.25) is 4.98 Å². The number of benzene rings is 1. The number of carbonyl (C=O) groups is 2. The SMILES string of the molecule is CCOC(=O)c1ccc(C#Cc2ccc3c(c2)C(C)(C)C[C@H](OC(=O)c2cccnc2)S3)nc1. The molecule has 34 heavy (non-hydrogen) atoms. The summed E-state index contributed by atoms with van der Waals surface area (Å²) in [4.78, 5) is 33.5. The molecule has 1 aliphatic heterocycles. The topological polar surface area (TPSA) is 78.4 Å². The minimum atomic E-state index is -0.395. The second kappa shape index (κ2) is 10.1. The molecule has 4 rings (SSSR count). The van der Waals surface area contributed by atoms with Gasteiger partial charge in [0, 0.05) is 35.5 Å². The highest BCUT2D eigenvalue weighted by molar-refractivity contribution is 7.99. The number of fused-ring (bicyclic) bond motifs is 1. The molecule has 0 saturated heterocycles. The van der Waals surface area contributed by atoms with Gasteiger partial charge in [0.15, 0.2) is 5.44 Å². The van der Waals surface area contributed by atoms with Crippen LogP contribution in [0.5, 0.6) is 0 Å². The zero-order chi connectivity index (χ0) is 24.1. The highest BCUT2D eigenvalue weighted by atomic mass is 32.2. The number of hydrogen-bond acceptors (Lipinski definition) is 7. The van der Waals surface area contributed by atoms with Crippen molar-refractivity contribution in [2.24, 2.45) is 0 Å². The predicted octanol–water partition coefficient (Wildman–Crippen LogP) is 5.01. The lowest BCUT2D eigenvalue weighted by Gasteiger charge is -2.36. The van der Waals surface area contributed by atoms with Crippen LogP contribution in [0, 0.1) is 11.8 Å². The average Bonchev–Trinajstić information content (AvgIpc) is 2.83. The molecule has 0 bridgehead atoms. The molecule has 1 atom stereocenters. The van der Waals surface area contributed by atoms with Crippen LogP contribution in [0.3, 0.4) is 0 Å². The molecule has 1 aliphatic rings. The minimum Gasteiger partial charge on any atom is -0.462 e. The van der Waals surface area contributed by atoms with Crippen molar-refractivity contribution in [3.63, 3.8) is 0 Å². The van der Waals surface area contributed by atoms with E-state index in [1.165, 1.54) is 18.0 Å². The van der Waals surface area contributed by atoms with E-state index < -0.39 is 5.97 Å². The van der Waals surface area contributed by atoms with E-state index in [-0.39, 0.29) is 16.8 Å². The second-order valence-corrected chi connectivity index (χ2v) is 9.60. The van der Waals surface area contributed by atoms with E-state index in [0.717, 1.165) is 10.5 Å². The number of nitrogens with zero attached hydrogens (tertiary/aromatic N) is 2. The van der Waals surface area contributed by atoms with Crippen molar-refractivity contribution in [2.75, 3.05) is 6.61 Å². The van der Waals surface area contributed by atoms with Gasteiger partial charge < -0.3 is 9.47 Å². The fraction of sp³-hybridized carbons (Fsp3) is 0.259. The van der Waals surface area contributed by atoms with Gasteiger partial charge in [-0.15, -0.1) is 0 Å². The van der Waals surface area contributed by atoms with Crippen LogP contribution in [-0.2, 0) is 14.9 Å². The van der Waals surface area contributed by atoms with Gasteiger partial charge in [0.1, 0.15) is 5.69 Å². The van der Waals surface area contributed by atoms with Crippen LogP contribution in [0.15, 0.2) is 66.0 Å². The highest BCUT2D eigenvalue weighted by Crippen LogP contribution is 2.46. The van der Waals surface area contributed by atoms with Crippen LogP contribution in [0.25, 0.3) is 0 Å². The quantitative estimate of drug-likeness (QED) is 0.390. The van der Waals surface area contributed by atoms with E-state index in [1.807, 2.05) is 12.1 Å². The Kier molecular flexibility index (Phi) is 6.99. The Hall–Kier alpha value is -3.63. The fourth-order valence-electron chi connectivity index (χ4n) is 3.63. The van der Waals surface area contributed by atoms with Crippen molar-refractivity contribution in [2.45, 2.75) is 42.9 Å². The molecule has 7 heteroatoms. The summed E-state index contributed by atoms with van der Waals surface area (Å²) in [5.41, 5.74) is 2.98. The lowest BCUT2D eigenvalue weighted by Crippen LogP contribution is -2.31. The summed E-state index contributed by atoms with van der Waals surface area (Å²) >= 11 is 1.55. The van der Waals surface area contributed by atoms with Crippen molar-refractivity contribution < 1.29 is 19.1 Å². The zero-order valence-electron chi connectivity index (χ0n) is 19.2. The summed E-state index contributed by atoms with van der Waals surface area (Å²) in [5, 5.41) is 0.